The van der Waals surface area contributed by atoms with Gasteiger partial charge in [0.1, 0.15) is 17.4 Å². The van der Waals surface area contributed by atoms with Crippen LogP contribution in [0.5, 0.6) is 5.75 Å². The van der Waals surface area contributed by atoms with Crippen molar-refractivity contribution in [1.82, 2.24) is 19.7 Å². The standard InChI is InChI=1S/C26H27FN6O3/c1-3-36-25(34)16-11-13-32(14-12-16)26-29-22(17-5-4-6-18(27)15-17)21-23(28)33(31-24(21)30-26)19-7-9-20(35-2)10-8-19/h4-10,15-16H,3,11-14,28H2,1-2H3. The van der Waals surface area contributed by atoms with Gasteiger partial charge >= 0.3 is 5.97 Å². The number of nitrogens with zero attached hydrogens (tertiary/aromatic N) is 5. The van der Waals surface area contributed by atoms with Crippen molar-refractivity contribution in [3.63, 3.8) is 0 Å². The van der Waals surface area contributed by atoms with Crippen LogP contribution >= 0.6 is 0 Å². The lowest BCUT2D eigenvalue weighted by Gasteiger charge is -2.31. The normalized spacial score (nSPS) is 14.2. The maximum absolute atomic E-state index is 14.2. The summed E-state index contributed by atoms with van der Waals surface area (Å²) in [5.41, 5.74) is 8.76. The Morgan fingerprint density at radius 2 is 1.89 bits per heavy atom. The van der Waals surface area contributed by atoms with Crippen molar-refractivity contribution in [1.29, 1.82) is 0 Å². The minimum Gasteiger partial charge on any atom is -0.497 e. The van der Waals surface area contributed by atoms with Crippen LogP contribution in [0.4, 0.5) is 16.2 Å². The summed E-state index contributed by atoms with van der Waals surface area (Å²) >= 11 is 0. The third kappa shape index (κ3) is 4.41. The van der Waals surface area contributed by atoms with Crippen LogP contribution in [-0.4, -0.2) is 52.5 Å². The van der Waals surface area contributed by atoms with Crippen molar-refractivity contribution in [2.45, 2.75) is 19.8 Å². The molecule has 3 heterocycles. The topological polar surface area (TPSA) is 108 Å². The van der Waals surface area contributed by atoms with E-state index in [0.717, 1.165) is 5.69 Å². The number of nitrogen functional groups attached to an aromatic ring is 1. The highest BCUT2D eigenvalue weighted by Gasteiger charge is 2.28. The molecule has 0 spiro atoms. The van der Waals surface area contributed by atoms with E-state index in [-0.39, 0.29) is 17.7 Å². The van der Waals surface area contributed by atoms with Gasteiger partial charge < -0.3 is 20.1 Å². The number of benzene rings is 2. The Bertz CT molecular complexity index is 1400. The van der Waals surface area contributed by atoms with Gasteiger partial charge in [-0.2, -0.15) is 4.98 Å². The van der Waals surface area contributed by atoms with Crippen molar-refractivity contribution in [3.8, 4) is 22.7 Å². The highest BCUT2D eigenvalue weighted by molar-refractivity contribution is 5.99. The molecule has 5 rings (SSSR count). The van der Waals surface area contributed by atoms with Crippen molar-refractivity contribution < 1.29 is 18.7 Å². The van der Waals surface area contributed by atoms with Crippen molar-refractivity contribution >= 4 is 28.8 Å². The van der Waals surface area contributed by atoms with E-state index in [9.17, 15) is 9.18 Å². The molecule has 2 aromatic carbocycles. The average Bonchev–Trinajstić information content (AvgIpc) is 3.24. The molecule has 0 atom stereocenters. The van der Waals surface area contributed by atoms with Gasteiger partial charge in [-0.15, -0.1) is 5.10 Å². The van der Waals surface area contributed by atoms with E-state index in [2.05, 4.69) is 5.10 Å². The Morgan fingerprint density at radius 3 is 2.56 bits per heavy atom. The summed E-state index contributed by atoms with van der Waals surface area (Å²) < 4.78 is 26.2. The van der Waals surface area contributed by atoms with Crippen LogP contribution in [0.25, 0.3) is 28.0 Å². The van der Waals surface area contributed by atoms with E-state index in [0.29, 0.717) is 72.3 Å². The van der Waals surface area contributed by atoms with Crippen molar-refractivity contribution in [3.05, 3.63) is 54.3 Å². The zero-order valence-electron chi connectivity index (χ0n) is 20.1. The van der Waals surface area contributed by atoms with E-state index in [1.54, 1.807) is 30.8 Å². The summed E-state index contributed by atoms with van der Waals surface area (Å²) in [7, 11) is 1.60. The number of carbonyl (C=O) groups excluding carboxylic acids is 1. The minimum atomic E-state index is -0.378. The Balaban J connectivity index is 1.58. The number of rotatable bonds is 6. The number of nitrogens with two attached hydrogens (primary N) is 1. The fourth-order valence-corrected chi connectivity index (χ4v) is 4.48. The second-order valence-electron chi connectivity index (χ2n) is 8.59. The summed E-state index contributed by atoms with van der Waals surface area (Å²) in [5.74, 6) is 0.836. The number of fused-ring (bicyclic) bond motifs is 1. The zero-order valence-corrected chi connectivity index (χ0v) is 20.1. The fourth-order valence-electron chi connectivity index (χ4n) is 4.48. The highest BCUT2D eigenvalue weighted by atomic mass is 19.1. The molecule has 0 aliphatic carbocycles. The number of halogens is 1. The van der Waals surface area contributed by atoms with Crippen LogP contribution in [0.2, 0.25) is 0 Å². The molecule has 9 nitrogen and oxygen atoms in total. The molecule has 0 radical (unpaired) electrons. The highest BCUT2D eigenvalue weighted by Crippen LogP contribution is 2.34. The van der Waals surface area contributed by atoms with Gasteiger partial charge in [-0.05, 0) is 56.2 Å². The maximum Gasteiger partial charge on any atom is 0.309 e. The molecule has 0 amide bonds. The van der Waals surface area contributed by atoms with Crippen LogP contribution in [-0.2, 0) is 9.53 Å². The first-order chi connectivity index (χ1) is 17.5. The first-order valence-corrected chi connectivity index (χ1v) is 11.9. The molecule has 4 aromatic rings. The quantitative estimate of drug-likeness (QED) is 0.404. The fraction of sp³-hybridized carbons (Fsp3) is 0.308. The Kier molecular flexibility index (Phi) is 6.41. The van der Waals surface area contributed by atoms with Crippen LogP contribution in [0.1, 0.15) is 19.8 Å². The molecule has 36 heavy (non-hydrogen) atoms. The largest absolute Gasteiger partial charge is 0.497 e. The molecule has 2 aromatic heterocycles. The Morgan fingerprint density at radius 1 is 1.14 bits per heavy atom. The lowest BCUT2D eigenvalue weighted by molar-refractivity contribution is -0.148. The number of methoxy groups -OCH3 is 1. The molecule has 10 heteroatoms. The number of piperidine rings is 1. The SMILES string of the molecule is CCOC(=O)C1CCN(c2nc(-c3cccc(F)c3)c3c(N)n(-c4ccc(OC)cc4)nc3n2)CC1. The number of hydrogen-bond donors (Lipinski definition) is 1. The molecule has 1 aliphatic rings. The Labute approximate surface area is 207 Å². The first kappa shape index (κ1) is 23.5. The van der Waals surface area contributed by atoms with E-state index in [1.807, 2.05) is 29.2 Å². The van der Waals surface area contributed by atoms with Crippen molar-refractivity contribution in [2.24, 2.45) is 5.92 Å². The van der Waals surface area contributed by atoms with Gasteiger partial charge in [0, 0.05) is 18.7 Å². The van der Waals surface area contributed by atoms with E-state index < -0.39 is 0 Å². The molecule has 1 aliphatic heterocycles. The molecule has 0 bridgehead atoms. The van der Waals surface area contributed by atoms with Gasteiger partial charge in [-0.25, -0.2) is 14.1 Å². The predicted molar refractivity (Wildman–Crippen MR) is 135 cm³/mol. The maximum atomic E-state index is 14.2. The van der Waals surface area contributed by atoms with E-state index >= 15 is 0 Å². The predicted octanol–water partition coefficient (Wildman–Crippen LogP) is 3.99. The second-order valence-corrected chi connectivity index (χ2v) is 8.59. The molecule has 0 saturated carbocycles. The molecule has 0 unspecified atom stereocenters. The van der Waals surface area contributed by atoms with Crippen LogP contribution < -0.4 is 15.4 Å². The number of anilines is 2. The number of esters is 1. The summed E-state index contributed by atoms with van der Waals surface area (Å²) in [4.78, 5) is 23.7. The monoisotopic (exact) mass is 490 g/mol. The van der Waals surface area contributed by atoms with E-state index in [1.165, 1.54) is 12.1 Å². The van der Waals surface area contributed by atoms with Gasteiger partial charge in [-0.3, -0.25) is 4.79 Å². The lowest BCUT2D eigenvalue weighted by atomic mass is 9.97. The molecular weight excluding hydrogens is 463 g/mol. The summed E-state index contributed by atoms with van der Waals surface area (Å²) in [6.07, 6.45) is 1.27. The van der Waals surface area contributed by atoms with Crippen LogP contribution in [0, 0.1) is 11.7 Å². The Hall–Kier alpha value is -4.21. The number of aromatic nitrogens is 4. The minimum absolute atomic E-state index is 0.141. The number of ether oxygens (including phenoxy) is 2. The van der Waals surface area contributed by atoms with Gasteiger partial charge in [0.25, 0.3) is 0 Å². The summed E-state index contributed by atoms with van der Waals surface area (Å²) in [6.45, 7) is 3.35. The van der Waals surface area contributed by atoms with Gasteiger partial charge in [0.2, 0.25) is 5.95 Å². The molecule has 2 N–H and O–H groups in total. The first-order valence-electron chi connectivity index (χ1n) is 11.9. The smallest absolute Gasteiger partial charge is 0.309 e. The van der Waals surface area contributed by atoms with Crippen LogP contribution in [0.3, 0.4) is 0 Å². The zero-order chi connectivity index (χ0) is 25.2. The molecular formula is C26H27FN6O3. The van der Waals surface area contributed by atoms with Crippen LogP contribution in [0.15, 0.2) is 48.5 Å². The van der Waals surface area contributed by atoms with Crippen molar-refractivity contribution in [2.75, 3.05) is 37.4 Å². The van der Waals surface area contributed by atoms with Gasteiger partial charge in [0.15, 0.2) is 5.65 Å². The molecule has 1 fully saturated rings. The van der Waals surface area contributed by atoms with Gasteiger partial charge in [0.05, 0.1) is 36.4 Å². The lowest BCUT2D eigenvalue weighted by Crippen LogP contribution is -2.38. The third-order valence-corrected chi connectivity index (χ3v) is 6.37. The average molecular weight is 491 g/mol. The summed E-state index contributed by atoms with van der Waals surface area (Å²) in [6, 6.07) is 13.5. The summed E-state index contributed by atoms with van der Waals surface area (Å²) in [5, 5.41) is 5.22. The van der Waals surface area contributed by atoms with E-state index in [4.69, 9.17) is 25.2 Å². The molecule has 186 valence electrons. The number of carbonyl (C=O) groups is 1. The number of hydrogen-bond acceptors (Lipinski definition) is 8. The third-order valence-electron chi connectivity index (χ3n) is 6.37. The van der Waals surface area contributed by atoms with Gasteiger partial charge in [-0.1, -0.05) is 12.1 Å². The molecule has 1 saturated heterocycles. The second kappa shape index (κ2) is 9.80.